The van der Waals surface area contributed by atoms with Gasteiger partial charge in [-0.1, -0.05) is 6.92 Å². The first-order chi connectivity index (χ1) is 10.1. The molecule has 2 heterocycles. The third kappa shape index (κ3) is 4.68. The van der Waals surface area contributed by atoms with Crippen LogP contribution >= 0.6 is 11.3 Å². The molecule has 1 aliphatic heterocycles. The fraction of sp³-hybridized carbons (Fsp3) is 0.733. The van der Waals surface area contributed by atoms with Crippen molar-refractivity contribution >= 4 is 17.3 Å². The van der Waals surface area contributed by atoms with Crippen LogP contribution in [0.5, 0.6) is 0 Å². The molecule has 118 valence electrons. The monoisotopic (exact) mass is 309 g/mol. The molecule has 0 spiro atoms. The Morgan fingerprint density at radius 1 is 1.62 bits per heavy atom. The average molecular weight is 309 g/mol. The SMILES string of the molecule is CCN1CCC(CNC(=NC)N(C)Cc2csc(C)n2)C1. The van der Waals surface area contributed by atoms with Crippen LogP contribution in [-0.4, -0.2) is 61.0 Å². The molecule has 1 aromatic heterocycles. The molecule has 1 atom stereocenters. The minimum atomic E-state index is 0.733. The van der Waals surface area contributed by atoms with Crippen molar-refractivity contribution in [2.75, 3.05) is 40.3 Å². The Morgan fingerprint density at radius 3 is 3.00 bits per heavy atom. The van der Waals surface area contributed by atoms with E-state index >= 15 is 0 Å². The van der Waals surface area contributed by atoms with Gasteiger partial charge >= 0.3 is 0 Å². The number of hydrogen-bond donors (Lipinski definition) is 1. The lowest BCUT2D eigenvalue weighted by Gasteiger charge is -2.23. The van der Waals surface area contributed by atoms with Gasteiger partial charge in [0, 0.05) is 32.6 Å². The Balaban J connectivity index is 1.80. The minimum Gasteiger partial charge on any atom is -0.356 e. The van der Waals surface area contributed by atoms with E-state index in [0.717, 1.165) is 42.2 Å². The van der Waals surface area contributed by atoms with E-state index < -0.39 is 0 Å². The zero-order valence-corrected chi connectivity index (χ0v) is 14.4. The van der Waals surface area contributed by atoms with E-state index in [1.54, 1.807) is 11.3 Å². The van der Waals surface area contributed by atoms with Crippen LogP contribution in [0.3, 0.4) is 0 Å². The Hall–Kier alpha value is -1.14. The number of nitrogens with one attached hydrogen (secondary N) is 1. The van der Waals surface area contributed by atoms with E-state index in [1.807, 2.05) is 14.0 Å². The molecule has 1 N–H and O–H groups in total. The molecule has 0 aromatic carbocycles. The second-order valence-corrected chi connectivity index (χ2v) is 6.75. The van der Waals surface area contributed by atoms with Gasteiger partial charge in [-0.2, -0.15) is 0 Å². The Labute approximate surface area is 132 Å². The number of rotatable bonds is 5. The summed E-state index contributed by atoms with van der Waals surface area (Å²) in [6.45, 7) is 9.68. The highest BCUT2D eigenvalue weighted by Crippen LogP contribution is 2.15. The molecule has 1 fully saturated rings. The largest absolute Gasteiger partial charge is 0.356 e. The topological polar surface area (TPSA) is 43.8 Å². The summed E-state index contributed by atoms with van der Waals surface area (Å²) >= 11 is 1.70. The molecule has 6 heteroatoms. The molecule has 0 saturated carbocycles. The maximum atomic E-state index is 4.51. The van der Waals surface area contributed by atoms with Crippen molar-refractivity contribution in [2.45, 2.75) is 26.8 Å². The van der Waals surface area contributed by atoms with Crippen molar-refractivity contribution in [3.63, 3.8) is 0 Å². The number of aliphatic imine (C=N–C) groups is 1. The second kappa shape index (κ2) is 7.75. The van der Waals surface area contributed by atoms with Crippen LogP contribution in [0.25, 0.3) is 0 Å². The maximum absolute atomic E-state index is 4.51. The van der Waals surface area contributed by atoms with Crippen LogP contribution in [-0.2, 0) is 6.54 Å². The Bertz CT molecular complexity index is 470. The van der Waals surface area contributed by atoms with E-state index in [-0.39, 0.29) is 0 Å². The van der Waals surface area contributed by atoms with Gasteiger partial charge in [0.15, 0.2) is 5.96 Å². The van der Waals surface area contributed by atoms with Crippen molar-refractivity contribution in [3.05, 3.63) is 16.1 Å². The number of nitrogens with zero attached hydrogens (tertiary/aromatic N) is 4. The summed E-state index contributed by atoms with van der Waals surface area (Å²) in [6, 6.07) is 0. The van der Waals surface area contributed by atoms with Gasteiger partial charge in [-0.3, -0.25) is 4.99 Å². The van der Waals surface area contributed by atoms with Crippen LogP contribution in [0.2, 0.25) is 0 Å². The predicted octanol–water partition coefficient (Wildman–Crippen LogP) is 1.80. The summed E-state index contributed by atoms with van der Waals surface area (Å²) in [6.07, 6.45) is 1.28. The molecule has 5 nitrogen and oxygen atoms in total. The smallest absolute Gasteiger partial charge is 0.193 e. The first-order valence-electron chi connectivity index (χ1n) is 7.67. The molecule has 1 saturated heterocycles. The number of aromatic nitrogens is 1. The van der Waals surface area contributed by atoms with Gasteiger partial charge in [0.05, 0.1) is 17.2 Å². The highest BCUT2D eigenvalue weighted by molar-refractivity contribution is 7.09. The molecular formula is C15H27N5S. The van der Waals surface area contributed by atoms with Gasteiger partial charge < -0.3 is 15.1 Å². The van der Waals surface area contributed by atoms with E-state index in [2.05, 4.69) is 44.4 Å². The molecule has 0 bridgehead atoms. The number of aryl methyl sites for hydroxylation is 1. The molecule has 0 amide bonds. The molecule has 2 rings (SSSR count). The highest BCUT2D eigenvalue weighted by Gasteiger charge is 2.21. The molecule has 0 radical (unpaired) electrons. The van der Waals surface area contributed by atoms with Gasteiger partial charge in [0.2, 0.25) is 0 Å². The summed E-state index contributed by atoms with van der Waals surface area (Å²) in [4.78, 5) is 13.5. The van der Waals surface area contributed by atoms with Crippen molar-refractivity contribution in [1.29, 1.82) is 0 Å². The number of hydrogen-bond acceptors (Lipinski definition) is 4. The lowest BCUT2D eigenvalue weighted by molar-refractivity contribution is 0.340. The van der Waals surface area contributed by atoms with Crippen molar-refractivity contribution in [2.24, 2.45) is 10.9 Å². The zero-order valence-electron chi connectivity index (χ0n) is 13.6. The first-order valence-corrected chi connectivity index (χ1v) is 8.55. The average Bonchev–Trinajstić information content (AvgIpc) is 3.08. The van der Waals surface area contributed by atoms with E-state index in [1.165, 1.54) is 19.5 Å². The summed E-state index contributed by atoms with van der Waals surface area (Å²) in [5.74, 6) is 1.69. The molecule has 0 aliphatic carbocycles. The molecule has 21 heavy (non-hydrogen) atoms. The van der Waals surface area contributed by atoms with Crippen LogP contribution in [0.1, 0.15) is 24.0 Å². The molecule has 1 aromatic rings. The second-order valence-electron chi connectivity index (χ2n) is 5.69. The fourth-order valence-corrected chi connectivity index (χ4v) is 3.39. The summed E-state index contributed by atoms with van der Waals surface area (Å²) in [5.41, 5.74) is 1.11. The predicted molar refractivity (Wildman–Crippen MR) is 89.9 cm³/mol. The van der Waals surface area contributed by atoms with Gasteiger partial charge in [0.1, 0.15) is 0 Å². The summed E-state index contributed by atoms with van der Waals surface area (Å²) in [5, 5.41) is 6.75. The maximum Gasteiger partial charge on any atom is 0.193 e. The summed E-state index contributed by atoms with van der Waals surface area (Å²) in [7, 11) is 3.91. The van der Waals surface area contributed by atoms with Gasteiger partial charge in [-0.15, -0.1) is 11.3 Å². The summed E-state index contributed by atoms with van der Waals surface area (Å²) < 4.78 is 0. The standard InChI is InChI=1S/C15H27N5S/c1-5-20-7-6-13(9-20)8-17-15(16-3)19(4)10-14-11-21-12(2)18-14/h11,13H,5-10H2,1-4H3,(H,16,17). The highest BCUT2D eigenvalue weighted by atomic mass is 32.1. The third-order valence-electron chi connectivity index (χ3n) is 4.01. The van der Waals surface area contributed by atoms with Gasteiger partial charge in [-0.25, -0.2) is 4.98 Å². The van der Waals surface area contributed by atoms with Crippen LogP contribution in [0, 0.1) is 12.8 Å². The number of likely N-dealkylation sites (tertiary alicyclic amines) is 1. The lowest BCUT2D eigenvalue weighted by Crippen LogP contribution is -2.41. The van der Waals surface area contributed by atoms with Crippen molar-refractivity contribution in [3.8, 4) is 0 Å². The van der Waals surface area contributed by atoms with Crippen LogP contribution in [0.4, 0.5) is 0 Å². The van der Waals surface area contributed by atoms with Crippen LogP contribution in [0.15, 0.2) is 10.4 Å². The number of thiazole rings is 1. The van der Waals surface area contributed by atoms with E-state index in [0.29, 0.717) is 0 Å². The normalized spacial score (nSPS) is 20.0. The van der Waals surface area contributed by atoms with Gasteiger partial charge in [-0.05, 0) is 32.4 Å². The third-order valence-corrected chi connectivity index (χ3v) is 4.83. The lowest BCUT2D eigenvalue weighted by atomic mass is 10.1. The van der Waals surface area contributed by atoms with E-state index in [9.17, 15) is 0 Å². The van der Waals surface area contributed by atoms with Crippen LogP contribution < -0.4 is 5.32 Å². The van der Waals surface area contributed by atoms with Crippen molar-refractivity contribution in [1.82, 2.24) is 20.1 Å². The van der Waals surface area contributed by atoms with E-state index in [4.69, 9.17) is 0 Å². The van der Waals surface area contributed by atoms with Crippen molar-refractivity contribution < 1.29 is 0 Å². The zero-order chi connectivity index (χ0) is 15.2. The Morgan fingerprint density at radius 2 is 2.43 bits per heavy atom. The quantitative estimate of drug-likeness (QED) is 0.665. The molecule has 1 unspecified atom stereocenters. The molecule has 1 aliphatic rings. The molecular weight excluding hydrogens is 282 g/mol. The number of guanidine groups is 1. The van der Waals surface area contributed by atoms with Gasteiger partial charge in [0.25, 0.3) is 0 Å². The Kier molecular flexibility index (Phi) is 5.99. The minimum absolute atomic E-state index is 0.733. The first kappa shape index (κ1) is 16.2. The fourth-order valence-electron chi connectivity index (χ4n) is 2.79.